The first-order valence-electron chi connectivity index (χ1n) is 7.08. The molecule has 0 aromatic rings. The van der Waals surface area contributed by atoms with Gasteiger partial charge < -0.3 is 15.7 Å². The van der Waals surface area contributed by atoms with Gasteiger partial charge in [-0.2, -0.15) is 0 Å². The van der Waals surface area contributed by atoms with Crippen molar-refractivity contribution in [3.05, 3.63) is 0 Å². The van der Waals surface area contributed by atoms with Crippen LogP contribution in [0.25, 0.3) is 0 Å². The third-order valence-corrected chi connectivity index (χ3v) is 4.30. The van der Waals surface area contributed by atoms with E-state index >= 15 is 0 Å². The Balaban J connectivity index is 2.54. The van der Waals surface area contributed by atoms with Crippen molar-refractivity contribution in [3.63, 3.8) is 0 Å². The third-order valence-electron chi connectivity index (χ3n) is 4.30. The van der Waals surface area contributed by atoms with Gasteiger partial charge >= 0.3 is 0 Å². The summed E-state index contributed by atoms with van der Waals surface area (Å²) < 4.78 is 0. The molecule has 106 valence electrons. The molecule has 0 aromatic heterocycles. The van der Waals surface area contributed by atoms with Gasteiger partial charge in [-0.05, 0) is 37.6 Å². The number of nitrogens with one attached hydrogen (secondary N) is 2. The molecule has 1 atom stereocenters. The minimum Gasteiger partial charge on any atom is -0.388 e. The van der Waals surface area contributed by atoms with Crippen molar-refractivity contribution in [1.82, 2.24) is 10.6 Å². The van der Waals surface area contributed by atoms with E-state index in [-0.39, 0.29) is 17.4 Å². The largest absolute Gasteiger partial charge is 0.388 e. The normalized spacial score (nSPS) is 23.7. The zero-order chi connectivity index (χ0) is 13.8. The topological polar surface area (TPSA) is 61.4 Å². The monoisotopic (exact) mass is 256 g/mol. The molecule has 1 rings (SSSR count). The first-order valence-corrected chi connectivity index (χ1v) is 7.08. The Morgan fingerprint density at radius 3 is 2.56 bits per heavy atom. The molecule has 1 saturated heterocycles. The Labute approximate surface area is 111 Å². The second kappa shape index (κ2) is 6.02. The molecule has 1 heterocycles. The molecule has 1 unspecified atom stereocenters. The van der Waals surface area contributed by atoms with E-state index in [9.17, 15) is 9.90 Å². The van der Waals surface area contributed by atoms with Crippen LogP contribution < -0.4 is 10.6 Å². The number of piperidine rings is 1. The molecule has 0 saturated carbocycles. The van der Waals surface area contributed by atoms with Crippen molar-refractivity contribution in [1.29, 1.82) is 0 Å². The summed E-state index contributed by atoms with van der Waals surface area (Å²) in [6.07, 6.45) is 3.49. The first kappa shape index (κ1) is 15.4. The Bertz CT molecular complexity index is 286. The minimum absolute atomic E-state index is 0.0139. The van der Waals surface area contributed by atoms with Crippen LogP contribution in [0.15, 0.2) is 0 Å². The molecule has 1 amide bonds. The van der Waals surface area contributed by atoms with Gasteiger partial charge in [0, 0.05) is 6.54 Å². The molecule has 3 N–H and O–H groups in total. The lowest BCUT2D eigenvalue weighted by molar-refractivity contribution is -0.128. The van der Waals surface area contributed by atoms with Gasteiger partial charge in [0.15, 0.2) is 0 Å². The molecule has 0 spiro atoms. The van der Waals surface area contributed by atoms with Gasteiger partial charge in [0.1, 0.15) is 0 Å². The molecule has 18 heavy (non-hydrogen) atoms. The predicted octanol–water partition coefficient (Wildman–Crippen LogP) is 1.43. The summed E-state index contributed by atoms with van der Waals surface area (Å²) in [4.78, 5) is 12.2. The van der Waals surface area contributed by atoms with Crippen LogP contribution in [-0.2, 0) is 4.79 Å². The van der Waals surface area contributed by atoms with Gasteiger partial charge in [0.05, 0.1) is 11.6 Å². The van der Waals surface area contributed by atoms with Gasteiger partial charge in [-0.1, -0.05) is 27.7 Å². The molecule has 4 nitrogen and oxygen atoms in total. The second-order valence-electron chi connectivity index (χ2n) is 6.13. The molecule has 1 aliphatic rings. The fraction of sp³-hybridized carbons (Fsp3) is 0.929. The van der Waals surface area contributed by atoms with Crippen molar-refractivity contribution in [2.45, 2.75) is 65.0 Å². The quantitative estimate of drug-likeness (QED) is 0.697. The van der Waals surface area contributed by atoms with E-state index < -0.39 is 5.60 Å². The summed E-state index contributed by atoms with van der Waals surface area (Å²) >= 11 is 0. The number of carbonyl (C=O) groups is 1. The molecule has 0 bridgehead atoms. The lowest BCUT2D eigenvalue weighted by Gasteiger charge is -2.38. The first-order chi connectivity index (χ1) is 8.34. The lowest BCUT2D eigenvalue weighted by Crippen LogP contribution is -2.57. The highest BCUT2D eigenvalue weighted by Crippen LogP contribution is 2.30. The van der Waals surface area contributed by atoms with Gasteiger partial charge in [0.2, 0.25) is 5.91 Å². The van der Waals surface area contributed by atoms with Gasteiger partial charge in [-0.3, -0.25) is 4.79 Å². The van der Waals surface area contributed by atoms with Gasteiger partial charge in [0.25, 0.3) is 0 Å². The highest BCUT2D eigenvalue weighted by Gasteiger charge is 2.37. The minimum atomic E-state index is -0.769. The van der Waals surface area contributed by atoms with Crippen LogP contribution in [0, 0.1) is 5.41 Å². The number of rotatable bonds is 5. The molecule has 4 heteroatoms. The maximum absolute atomic E-state index is 12.2. The van der Waals surface area contributed by atoms with E-state index in [4.69, 9.17) is 0 Å². The summed E-state index contributed by atoms with van der Waals surface area (Å²) in [7, 11) is 0. The molecular formula is C14H28N2O2. The van der Waals surface area contributed by atoms with Crippen LogP contribution in [0.3, 0.4) is 0 Å². The van der Waals surface area contributed by atoms with Crippen LogP contribution in [0.2, 0.25) is 0 Å². The average molecular weight is 256 g/mol. The highest BCUT2D eigenvalue weighted by atomic mass is 16.3. The SMILES string of the molecule is CCC(O)(CC)CNC(=O)C1NCCCC1(C)C. The molecule has 0 aromatic carbocycles. The molecule has 0 aliphatic carbocycles. The van der Waals surface area contributed by atoms with Crippen molar-refractivity contribution in [2.75, 3.05) is 13.1 Å². The summed E-state index contributed by atoms with van der Waals surface area (Å²) in [6.45, 7) is 9.36. The third kappa shape index (κ3) is 3.69. The number of hydrogen-bond acceptors (Lipinski definition) is 3. The number of carbonyl (C=O) groups excluding carboxylic acids is 1. The fourth-order valence-corrected chi connectivity index (χ4v) is 2.51. The smallest absolute Gasteiger partial charge is 0.237 e. The Morgan fingerprint density at radius 2 is 2.06 bits per heavy atom. The zero-order valence-corrected chi connectivity index (χ0v) is 12.2. The Morgan fingerprint density at radius 1 is 1.44 bits per heavy atom. The van der Waals surface area contributed by atoms with Crippen LogP contribution >= 0.6 is 0 Å². The molecule has 1 aliphatic heterocycles. The molecular weight excluding hydrogens is 228 g/mol. The average Bonchev–Trinajstić information content (AvgIpc) is 2.35. The van der Waals surface area contributed by atoms with E-state index in [0.717, 1.165) is 19.4 Å². The van der Waals surface area contributed by atoms with E-state index in [1.54, 1.807) is 0 Å². The van der Waals surface area contributed by atoms with E-state index in [0.29, 0.717) is 19.4 Å². The zero-order valence-electron chi connectivity index (χ0n) is 12.2. The number of aliphatic hydroxyl groups is 1. The summed E-state index contributed by atoms with van der Waals surface area (Å²) in [5.74, 6) is 0.0139. The number of amides is 1. The van der Waals surface area contributed by atoms with Gasteiger partial charge in [-0.15, -0.1) is 0 Å². The van der Waals surface area contributed by atoms with Crippen LogP contribution in [0.5, 0.6) is 0 Å². The molecule has 0 radical (unpaired) electrons. The Hall–Kier alpha value is -0.610. The second-order valence-corrected chi connectivity index (χ2v) is 6.13. The van der Waals surface area contributed by atoms with Crippen molar-refractivity contribution >= 4 is 5.91 Å². The van der Waals surface area contributed by atoms with E-state index in [1.807, 2.05) is 13.8 Å². The Kier molecular flexibility index (Phi) is 5.17. The number of hydrogen-bond donors (Lipinski definition) is 3. The summed E-state index contributed by atoms with van der Waals surface area (Å²) in [5, 5.41) is 16.4. The standard InChI is InChI=1S/C14H28N2O2/c1-5-14(18,6-2)10-16-12(17)11-13(3,4)8-7-9-15-11/h11,15,18H,5-10H2,1-4H3,(H,16,17). The molecule has 1 fully saturated rings. The summed E-state index contributed by atoms with van der Waals surface area (Å²) in [5.41, 5.74) is -0.784. The maximum Gasteiger partial charge on any atom is 0.237 e. The van der Waals surface area contributed by atoms with Gasteiger partial charge in [-0.25, -0.2) is 0 Å². The van der Waals surface area contributed by atoms with E-state index in [2.05, 4.69) is 24.5 Å². The van der Waals surface area contributed by atoms with Crippen LogP contribution in [0.4, 0.5) is 0 Å². The van der Waals surface area contributed by atoms with Crippen molar-refractivity contribution in [3.8, 4) is 0 Å². The van der Waals surface area contributed by atoms with Crippen LogP contribution in [-0.4, -0.2) is 35.7 Å². The fourth-order valence-electron chi connectivity index (χ4n) is 2.51. The highest BCUT2D eigenvalue weighted by molar-refractivity contribution is 5.82. The van der Waals surface area contributed by atoms with E-state index in [1.165, 1.54) is 0 Å². The maximum atomic E-state index is 12.2. The predicted molar refractivity (Wildman–Crippen MR) is 73.3 cm³/mol. The van der Waals surface area contributed by atoms with Crippen molar-refractivity contribution in [2.24, 2.45) is 5.41 Å². The lowest BCUT2D eigenvalue weighted by atomic mass is 9.77. The van der Waals surface area contributed by atoms with Crippen molar-refractivity contribution < 1.29 is 9.90 Å². The van der Waals surface area contributed by atoms with Crippen LogP contribution in [0.1, 0.15) is 53.4 Å². The summed E-state index contributed by atoms with van der Waals surface area (Å²) in [6, 6.07) is -0.149.